The first-order chi connectivity index (χ1) is 8.97. The lowest BCUT2D eigenvalue weighted by atomic mass is 9.98. The highest BCUT2D eigenvalue weighted by Gasteiger charge is 2.13. The topological polar surface area (TPSA) is 48.1 Å². The van der Waals surface area contributed by atoms with Crippen molar-refractivity contribution in [1.82, 2.24) is 4.98 Å². The average Bonchev–Trinajstić information content (AvgIpc) is 2.36. The van der Waals surface area contributed by atoms with E-state index in [0.29, 0.717) is 11.2 Å². The van der Waals surface area contributed by atoms with E-state index in [1.807, 2.05) is 13.8 Å². The van der Waals surface area contributed by atoms with Gasteiger partial charge in [-0.25, -0.2) is 9.37 Å². The Morgan fingerprint density at radius 2 is 2.11 bits per heavy atom. The average molecular weight is 256 g/mol. The van der Waals surface area contributed by atoms with Crippen molar-refractivity contribution in [2.45, 2.75) is 20.0 Å². The van der Waals surface area contributed by atoms with Crippen molar-refractivity contribution in [2.24, 2.45) is 0 Å². The number of benzene rings is 1. The number of pyridine rings is 1. The molecule has 0 bridgehead atoms. The Morgan fingerprint density at radius 3 is 2.84 bits per heavy atom. The van der Waals surface area contributed by atoms with Gasteiger partial charge in [0.05, 0.1) is 0 Å². The summed E-state index contributed by atoms with van der Waals surface area (Å²) in [6, 6.07) is 6.19. The van der Waals surface area contributed by atoms with Gasteiger partial charge in [-0.1, -0.05) is 11.5 Å². The van der Waals surface area contributed by atoms with Gasteiger partial charge in [-0.15, -0.1) is 0 Å². The summed E-state index contributed by atoms with van der Waals surface area (Å²) in [6.45, 7) is 3.72. The summed E-state index contributed by atoms with van der Waals surface area (Å²) in [6.07, 6.45) is 1.11. The summed E-state index contributed by atoms with van der Waals surface area (Å²) in [5.74, 6) is 0.362. The van der Waals surface area contributed by atoms with Crippen molar-refractivity contribution in [1.29, 1.82) is 0 Å². The predicted molar refractivity (Wildman–Crippen MR) is 74.2 cm³/mol. The molecule has 2 aromatic rings. The molecule has 0 amide bonds. The fraction of sp³-hybridized carbons (Fsp3) is 0.214. The zero-order valence-electron chi connectivity index (χ0n) is 10.9. The predicted octanol–water partition coefficient (Wildman–Crippen LogP) is 2.05. The third kappa shape index (κ3) is 3.05. The van der Waals surface area contributed by atoms with E-state index in [9.17, 15) is 4.39 Å². The molecule has 2 N–H and O–H groups in total. The number of aryl methyl sites for hydroxylation is 1. The molecule has 0 fully saturated rings. The number of hydrogen-bond donors (Lipinski definition) is 1. The molecule has 96 valence electrons. The number of nitrogen functional groups attached to an aromatic ring is 1. The largest absolute Gasteiger partial charge is 0.482 e. The second-order valence-electron chi connectivity index (χ2n) is 4.41. The van der Waals surface area contributed by atoms with Gasteiger partial charge in [-0.3, -0.25) is 0 Å². The summed E-state index contributed by atoms with van der Waals surface area (Å²) in [7, 11) is 5.64. The Kier molecular flexibility index (Phi) is 3.74. The highest BCUT2D eigenvalue weighted by atomic mass is 19.1. The quantitative estimate of drug-likeness (QED) is 0.855. The first-order valence-electron chi connectivity index (χ1n) is 5.91. The summed E-state index contributed by atoms with van der Waals surface area (Å²) in [4.78, 5) is 3.92. The van der Waals surface area contributed by atoms with Crippen molar-refractivity contribution >= 4 is 19.1 Å². The van der Waals surface area contributed by atoms with Crippen LogP contribution in [0.3, 0.4) is 0 Å². The van der Waals surface area contributed by atoms with Gasteiger partial charge in [0.25, 0.3) is 0 Å². The van der Waals surface area contributed by atoms with Gasteiger partial charge in [0.1, 0.15) is 19.8 Å². The van der Waals surface area contributed by atoms with Gasteiger partial charge in [0, 0.05) is 6.20 Å². The SMILES string of the molecule is [B]c1cnc(N)c(OC(C)c2cc(F)ccc2C)c1. The number of halogens is 1. The Hall–Kier alpha value is -2.04. The molecule has 0 aliphatic carbocycles. The first-order valence-corrected chi connectivity index (χ1v) is 5.91. The van der Waals surface area contributed by atoms with E-state index in [2.05, 4.69) is 4.98 Å². The number of anilines is 1. The number of nitrogens with zero attached hydrogens (tertiary/aromatic N) is 1. The number of rotatable bonds is 3. The van der Waals surface area contributed by atoms with Crippen LogP contribution < -0.4 is 15.9 Å². The van der Waals surface area contributed by atoms with Crippen LogP contribution in [0.25, 0.3) is 0 Å². The van der Waals surface area contributed by atoms with Crippen molar-refractivity contribution < 1.29 is 9.13 Å². The minimum Gasteiger partial charge on any atom is -0.482 e. The molecule has 1 aromatic carbocycles. The maximum atomic E-state index is 13.3. The maximum Gasteiger partial charge on any atom is 0.166 e. The van der Waals surface area contributed by atoms with Crippen LogP contribution >= 0.6 is 0 Å². The van der Waals surface area contributed by atoms with Crippen LogP contribution in [0.4, 0.5) is 10.2 Å². The summed E-state index contributed by atoms with van der Waals surface area (Å²) >= 11 is 0. The zero-order valence-corrected chi connectivity index (χ0v) is 10.9. The Balaban J connectivity index is 2.27. The van der Waals surface area contributed by atoms with Crippen LogP contribution in [0.5, 0.6) is 5.75 Å². The van der Waals surface area contributed by atoms with Crippen LogP contribution in [-0.4, -0.2) is 12.8 Å². The van der Waals surface area contributed by atoms with E-state index in [-0.39, 0.29) is 17.7 Å². The van der Waals surface area contributed by atoms with Crippen molar-refractivity contribution in [3.63, 3.8) is 0 Å². The molecule has 0 saturated heterocycles. The molecule has 0 saturated carbocycles. The minimum absolute atomic E-state index is 0.259. The monoisotopic (exact) mass is 256 g/mol. The second kappa shape index (κ2) is 5.30. The fourth-order valence-corrected chi connectivity index (χ4v) is 1.87. The van der Waals surface area contributed by atoms with Gasteiger partial charge >= 0.3 is 0 Å². The molecule has 3 nitrogen and oxygen atoms in total. The van der Waals surface area contributed by atoms with E-state index < -0.39 is 0 Å². The maximum absolute atomic E-state index is 13.3. The van der Waals surface area contributed by atoms with E-state index in [4.69, 9.17) is 18.3 Å². The molecular formula is C14H14BFN2O. The van der Waals surface area contributed by atoms with Crippen LogP contribution in [-0.2, 0) is 0 Å². The highest BCUT2D eigenvalue weighted by Crippen LogP contribution is 2.26. The first kappa shape index (κ1) is 13.4. The van der Waals surface area contributed by atoms with Gasteiger partial charge in [-0.05, 0) is 43.2 Å². The second-order valence-corrected chi connectivity index (χ2v) is 4.41. The van der Waals surface area contributed by atoms with E-state index >= 15 is 0 Å². The molecule has 5 heteroatoms. The normalized spacial score (nSPS) is 12.2. The van der Waals surface area contributed by atoms with Gasteiger partial charge in [-0.2, -0.15) is 0 Å². The number of nitrogens with two attached hydrogens (primary N) is 1. The molecule has 0 spiro atoms. The van der Waals surface area contributed by atoms with Crippen molar-refractivity contribution in [3.8, 4) is 5.75 Å². The number of hydrogen-bond acceptors (Lipinski definition) is 3. The molecule has 1 aromatic heterocycles. The molecule has 0 aliphatic rings. The Labute approximate surface area is 113 Å². The third-order valence-electron chi connectivity index (χ3n) is 2.89. The lowest BCUT2D eigenvalue weighted by Gasteiger charge is -2.18. The molecule has 0 aliphatic heterocycles. The number of ether oxygens (including phenoxy) is 1. The smallest absolute Gasteiger partial charge is 0.166 e. The fourth-order valence-electron chi connectivity index (χ4n) is 1.87. The molecule has 2 rings (SSSR count). The molecule has 19 heavy (non-hydrogen) atoms. The summed E-state index contributed by atoms with van der Waals surface area (Å²) in [5, 5.41) is 0. The van der Waals surface area contributed by atoms with Crippen LogP contribution in [0.15, 0.2) is 30.5 Å². The standard InChI is InChI=1S/C14H14BFN2O/c1-8-3-4-11(16)6-12(8)9(2)19-13-5-10(15)7-18-14(13)17/h3-7,9H,1-2H3,(H2,17,18). The summed E-state index contributed by atoms with van der Waals surface area (Å²) < 4.78 is 19.0. The van der Waals surface area contributed by atoms with E-state index in [0.717, 1.165) is 11.1 Å². The van der Waals surface area contributed by atoms with Crippen molar-refractivity contribution in [3.05, 3.63) is 47.4 Å². The Morgan fingerprint density at radius 1 is 1.37 bits per heavy atom. The Bertz CT molecular complexity index is 604. The minimum atomic E-state index is -0.346. The zero-order chi connectivity index (χ0) is 14.0. The van der Waals surface area contributed by atoms with Crippen LogP contribution in [0.2, 0.25) is 0 Å². The van der Waals surface area contributed by atoms with Gasteiger partial charge in [0.15, 0.2) is 11.6 Å². The van der Waals surface area contributed by atoms with E-state index in [1.54, 1.807) is 12.1 Å². The molecule has 1 heterocycles. The molecule has 2 radical (unpaired) electrons. The number of aromatic nitrogens is 1. The molecule has 1 unspecified atom stereocenters. The van der Waals surface area contributed by atoms with Crippen LogP contribution in [0.1, 0.15) is 24.2 Å². The van der Waals surface area contributed by atoms with Gasteiger partial charge < -0.3 is 10.5 Å². The van der Waals surface area contributed by atoms with Crippen LogP contribution in [0, 0.1) is 12.7 Å². The van der Waals surface area contributed by atoms with E-state index in [1.165, 1.54) is 18.3 Å². The lowest BCUT2D eigenvalue weighted by Crippen LogP contribution is -2.11. The third-order valence-corrected chi connectivity index (χ3v) is 2.89. The molecular weight excluding hydrogens is 242 g/mol. The summed E-state index contributed by atoms with van der Waals surface area (Å²) in [5.41, 5.74) is 7.90. The lowest BCUT2D eigenvalue weighted by molar-refractivity contribution is 0.226. The van der Waals surface area contributed by atoms with Crippen molar-refractivity contribution in [2.75, 3.05) is 5.73 Å². The molecule has 1 atom stereocenters. The van der Waals surface area contributed by atoms with Gasteiger partial charge in [0.2, 0.25) is 0 Å². The highest BCUT2D eigenvalue weighted by molar-refractivity contribution is 6.32.